The average Bonchev–Trinajstić information content (AvgIpc) is 2.85. The second kappa shape index (κ2) is 13.9. The SMILES string of the molecule is CCOC(=O)CNC(=O)COc1ccc([N+](=O)[O-])cc1C1C(C(=O)OCC)=C(C)N=C(C)C1C(=O)OCC. The van der Waals surface area contributed by atoms with Gasteiger partial charge in [-0.15, -0.1) is 0 Å². The maximum absolute atomic E-state index is 13.1. The van der Waals surface area contributed by atoms with Gasteiger partial charge in [0.1, 0.15) is 18.2 Å². The number of allylic oxidation sites excluding steroid dienone is 1. The molecule has 1 amide bonds. The Hall–Kier alpha value is -4.29. The minimum Gasteiger partial charge on any atom is -0.483 e. The summed E-state index contributed by atoms with van der Waals surface area (Å²) in [4.78, 5) is 65.2. The van der Waals surface area contributed by atoms with E-state index in [9.17, 15) is 29.3 Å². The van der Waals surface area contributed by atoms with E-state index in [1.807, 2.05) is 0 Å². The lowest BCUT2D eigenvalue weighted by molar-refractivity contribution is -0.385. The number of aliphatic imine (C=N–C) groups is 1. The second-order valence-electron chi connectivity index (χ2n) is 8.03. The van der Waals surface area contributed by atoms with Gasteiger partial charge >= 0.3 is 17.9 Å². The molecule has 2 rings (SSSR count). The van der Waals surface area contributed by atoms with E-state index < -0.39 is 47.2 Å². The Morgan fingerprint density at radius 1 is 1.03 bits per heavy atom. The Morgan fingerprint density at radius 2 is 1.68 bits per heavy atom. The predicted molar refractivity (Wildman–Crippen MR) is 134 cm³/mol. The van der Waals surface area contributed by atoms with Crippen LogP contribution >= 0.6 is 0 Å². The standard InChI is InChI=1S/C25H31N3O10/c1-6-35-20(30)12-26-19(29)13-38-18-10-9-16(28(33)34)11-17(18)23-21(24(31)36-7-2)14(4)27-15(5)22(23)25(32)37-8-3/h9-11,21,23H,6-8,12-13H2,1-5H3,(H,26,29). The van der Waals surface area contributed by atoms with Gasteiger partial charge in [-0.3, -0.25) is 29.5 Å². The Bertz CT molecular complexity index is 1160. The number of carbonyl (C=O) groups is 4. The number of rotatable bonds is 12. The van der Waals surface area contributed by atoms with Gasteiger partial charge in [0.05, 0.1) is 30.3 Å². The zero-order valence-corrected chi connectivity index (χ0v) is 21.9. The molecule has 13 heteroatoms. The largest absolute Gasteiger partial charge is 0.483 e. The number of ether oxygens (including phenoxy) is 4. The summed E-state index contributed by atoms with van der Waals surface area (Å²) in [5.74, 6) is -5.00. The van der Waals surface area contributed by atoms with Gasteiger partial charge in [-0.1, -0.05) is 0 Å². The van der Waals surface area contributed by atoms with Crippen molar-refractivity contribution in [1.82, 2.24) is 5.32 Å². The van der Waals surface area contributed by atoms with Crippen molar-refractivity contribution < 1.29 is 43.0 Å². The monoisotopic (exact) mass is 533 g/mol. The van der Waals surface area contributed by atoms with Crippen molar-refractivity contribution in [3.8, 4) is 5.75 Å². The second-order valence-corrected chi connectivity index (χ2v) is 8.03. The maximum Gasteiger partial charge on any atom is 0.336 e. The summed E-state index contributed by atoms with van der Waals surface area (Å²) in [5.41, 5.74) is 0.349. The van der Waals surface area contributed by atoms with Gasteiger partial charge in [0.2, 0.25) is 0 Å². The molecular weight excluding hydrogens is 502 g/mol. The van der Waals surface area contributed by atoms with Crippen molar-refractivity contribution in [2.75, 3.05) is 33.0 Å². The van der Waals surface area contributed by atoms with Gasteiger partial charge in [-0.25, -0.2) is 4.79 Å². The fourth-order valence-corrected chi connectivity index (χ4v) is 3.99. The summed E-state index contributed by atoms with van der Waals surface area (Å²) in [6, 6.07) is 3.61. The number of hydrogen-bond acceptors (Lipinski definition) is 11. The fraction of sp³-hybridized carbons (Fsp3) is 0.480. The number of nitro benzene ring substituents is 1. The molecule has 13 nitrogen and oxygen atoms in total. The van der Waals surface area contributed by atoms with Crippen molar-refractivity contribution in [2.45, 2.75) is 40.5 Å². The summed E-state index contributed by atoms with van der Waals surface area (Å²) < 4.78 is 20.9. The molecule has 0 bridgehead atoms. The summed E-state index contributed by atoms with van der Waals surface area (Å²) in [5, 5.41) is 14.0. The van der Waals surface area contributed by atoms with Gasteiger partial charge in [-0.05, 0) is 40.7 Å². The molecule has 1 aliphatic heterocycles. The molecule has 2 unspecified atom stereocenters. The molecule has 1 aromatic rings. The Kier molecular flexibility index (Phi) is 10.9. The molecule has 1 aromatic carbocycles. The molecular formula is C25H31N3O10. The van der Waals surface area contributed by atoms with Crippen LogP contribution in [0.5, 0.6) is 5.75 Å². The Labute approximate surface area is 219 Å². The first-order valence-electron chi connectivity index (χ1n) is 12.0. The summed E-state index contributed by atoms with van der Waals surface area (Å²) in [6.07, 6.45) is 0. The number of nitro groups is 1. The first kappa shape index (κ1) is 29.9. The quantitative estimate of drug-likeness (QED) is 0.182. The molecule has 206 valence electrons. The van der Waals surface area contributed by atoms with Gasteiger partial charge in [-0.2, -0.15) is 0 Å². The van der Waals surface area contributed by atoms with Crippen LogP contribution in [0.4, 0.5) is 5.69 Å². The molecule has 38 heavy (non-hydrogen) atoms. The molecule has 0 saturated heterocycles. The van der Waals surface area contributed by atoms with Gasteiger partial charge < -0.3 is 24.3 Å². The predicted octanol–water partition coefficient (Wildman–Crippen LogP) is 2.23. The number of hydrogen-bond donors (Lipinski definition) is 1. The Balaban J connectivity index is 2.58. The van der Waals surface area contributed by atoms with Crippen LogP contribution in [0.2, 0.25) is 0 Å². The van der Waals surface area contributed by atoms with Crippen LogP contribution < -0.4 is 10.1 Å². The summed E-state index contributed by atoms with van der Waals surface area (Å²) in [6.45, 7) is 7.30. The zero-order valence-electron chi connectivity index (χ0n) is 21.9. The number of nitrogens with one attached hydrogen (secondary N) is 1. The van der Waals surface area contributed by atoms with Gasteiger partial charge in [0.25, 0.3) is 11.6 Å². The van der Waals surface area contributed by atoms with Gasteiger partial charge in [0.15, 0.2) is 6.61 Å². The Morgan fingerprint density at radius 3 is 2.29 bits per heavy atom. The number of benzene rings is 1. The van der Waals surface area contributed by atoms with E-state index in [1.165, 1.54) is 18.2 Å². The van der Waals surface area contributed by atoms with Crippen molar-refractivity contribution in [3.05, 3.63) is 45.1 Å². The molecule has 1 N–H and O–H groups in total. The highest BCUT2D eigenvalue weighted by atomic mass is 16.6. The topological polar surface area (TPSA) is 173 Å². The van der Waals surface area contributed by atoms with E-state index in [1.54, 1.807) is 34.6 Å². The van der Waals surface area contributed by atoms with Crippen LogP contribution in [0.15, 0.2) is 34.5 Å². The van der Waals surface area contributed by atoms with E-state index in [0.717, 1.165) is 0 Å². The third-order valence-electron chi connectivity index (χ3n) is 5.50. The number of amides is 1. The fourth-order valence-electron chi connectivity index (χ4n) is 3.99. The third-order valence-corrected chi connectivity index (χ3v) is 5.50. The first-order chi connectivity index (χ1) is 18.0. The molecule has 2 atom stereocenters. The smallest absolute Gasteiger partial charge is 0.336 e. The van der Waals surface area contributed by atoms with Crippen LogP contribution in [0, 0.1) is 16.0 Å². The van der Waals surface area contributed by atoms with Crippen LogP contribution in [0.1, 0.15) is 46.1 Å². The minimum atomic E-state index is -1.12. The first-order valence-corrected chi connectivity index (χ1v) is 12.0. The molecule has 0 radical (unpaired) electrons. The van der Waals surface area contributed by atoms with Crippen molar-refractivity contribution in [3.63, 3.8) is 0 Å². The van der Waals surface area contributed by atoms with Crippen LogP contribution in [0.3, 0.4) is 0 Å². The lowest BCUT2D eigenvalue weighted by atomic mass is 9.75. The maximum atomic E-state index is 13.1. The number of nitrogens with zero attached hydrogens (tertiary/aromatic N) is 2. The van der Waals surface area contributed by atoms with Crippen molar-refractivity contribution in [1.29, 1.82) is 0 Å². The summed E-state index contributed by atoms with van der Waals surface area (Å²) in [7, 11) is 0. The zero-order chi connectivity index (χ0) is 28.4. The highest BCUT2D eigenvalue weighted by Crippen LogP contribution is 2.44. The number of carbonyl (C=O) groups excluding carboxylic acids is 4. The number of esters is 3. The van der Waals surface area contributed by atoms with E-state index in [2.05, 4.69) is 10.3 Å². The molecule has 1 aliphatic rings. The van der Waals surface area contributed by atoms with Crippen molar-refractivity contribution >= 4 is 35.2 Å². The number of non-ortho nitro benzene ring substituents is 1. The molecule has 0 saturated carbocycles. The third kappa shape index (κ3) is 7.37. The van der Waals surface area contributed by atoms with E-state index in [4.69, 9.17) is 18.9 Å². The summed E-state index contributed by atoms with van der Waals surface area (Å²) >= 11 is 0. The van der Waals surface area contributed by atoms with E-state index in [-0.39, 0.29) is 54.6 Å². The van der Waals surface area contributed by atoms with Crippen LogP contribution in [-0.2, 0) is 33.4 Å². The molecule has 0 aliphatic carbocycles. The minimum absolute atomic E-state index is 0.00508. The lowest BCUT2D eigenvalue weighted by Crippen LogP contribution is -2.37. The molecule has 1 heterocycles. The molecule has 0 aromatic heterocycles. The highest BCUT2D eigenvalue weighted by molar-refractivity contribution is 6.07. The van der Waals surface area contributed by atoms with E-state index >= 15 is 0 Å². The normalized spacial score (nSPS) is 16.7. The van der Waals surface area contributed by atoms with Crippen LogP contribution in [0.25, 0.3) is 0 Å². The van der Waals surface area contributed by atoms with Gasteiger partial charge in [0, 0.05) is 35.0 Å². The highest BCUT2D eigenvalue weighted by Gasteiger charge is 2.44. The average molecular weight is 534 g/mol. The van der Waals surface area contributed by atoms with E-state index in [0.29, 0.717) is 5.71 Å². The molecule has 0 spiro atoms. The van der Waals surface area contributed by atoms with Crippen molar-refractivity contribution in [2.24, 2.45) is 10.9 Å². The van der Waals surface area contributed by atoms with Crippen LogP contribution in [-0.4, -0.2) is 67.4 Å². The molecule has 0 fully saturated rings. The lowest BCUT2D eigenvalue weighted by Gasteiger charge is -2.32.